The van der Waals surface area contributed by atoms with Gasteiger partial charge in [-0.25, -0.2) is 0 Å². The van der Waals surface area contributed by atoms with Gasteiger partial charge in [0, 0.05) is 18.5 Å². The summed E-state index contributed by atoms with van der Waals surface area (Å²) < 4.78 is 0. The average molecular weight is 257 g/mol. The summed E-state index contributed by atoms with van der Waals surface area (Å²) in [4.78, 5) is 14.7. The number of benzene rings is 1. The standard InChI is InChI=1S/C17H23NO/c1-17(2,3)15-10-13-6-4-5-7-14(13)11-18(15)16(19)12-8-9-12/h4-7,12,15H,8-11H2,1-3H3. The van der Waals surface area contributed by atoms with Gasteiger partial charge in [0.25, 0.3) is 0 Å². The Bertz CT molecular complexity index is 496. The van der Waals surface area contributed by atoms with Crippen LogP contribution in [0.3, 0.4) is 0 Å². The van der Waals surface area contributed by atoms with E-state index in [-0.39, 0.29) is 5.41 Å². The Morgan fingerprint density at radius 2 is 1.79 bits per heavy atom. The Morgan fingerprint density at radius 1 is 1.16 bits per heavy atom. The molecule has 1 unspecified atom stereocenters. The lowest BCUT2D eigenvalue weighted by Crippen LogP contribution is -2.51. The zero-order valence-corrected chi connectivity index (χ0v) is 12.1. The van der Waals surface area contributed by atoms with Gasteiger partial charge < -0.3 is 4.90 Å². The summed E-state index contributed by atoms with van der Waals surface area (Å²) in [7, 11) is 0. The minimum absolute atomic E-state index is 0.137. The van der Waals surface area contributed by atoms with E-state index in [1.54, 1.807) is 0 Å². The molecule has 0 radical (unpaired) electrons. The van der Waals surface area contributed by atoms with Crippen molar-refractivity contribution in [2.75, 3.05) is 0 Å². The molecule has 1 fully saturated rings. The molecule has 1 aliphatic heterocycles. The predicted molar refractivity (Wildman–Crippen MR) is 76.7 cm³/mol. The second kappa shape index (κ2) is 4.36. The average Bonchev–Trinajstić information content (AvgIpc) is 3.19. The van der Waals surface area contributed by atoms with Crippen molar-refractivity contribution in [3.63, 3.8) is 0 Å². The van der Waals surface area contributed by atoms with E-state index in [9.17, 15) is 4.79 Å². The Kier molecular flexibility index (Phi) is 2.92. The monoisotopic (exact) mass is 257 g/mol. The van der Waals surface area contributed by atoms with Crippen LogP contribution in [0.1, 0.15) is 44.7 Å². The first-order valence-corrected chi connectivity index (χ1v) is 7.34. The third-order valence-electron chi connectivity index (χ3n) is 4.46. The second-order valence-corrected chi connectivity index (χ2v) is 7.10. The van der Waals surface area contributed by atoms with Crippen LogP contribution in [-0.2, 0) is 17.8 Å². The number of carbonyl (C=O) groups excluding carboxylic acids is 1. The highest BCUT2D eigenvalue weighted by Gasteiger charge is 2.42. The van der Waals surface area contributed by atoms with Crippen LogP contribution in [0.15, 0.2) is 24.3 Å². The summed E-state index contributed by atoms with van der Waals surface area (Å²) >= 11 is 0. The van der Waals surface area contributed by atoms with Gasteiger partial charge in [0.2, 0.25) is 5.91 Å². The van der Waals surface area contributed by atoms with Crippen molar-refractivity contribution >= 4 is 5.91 Å². The van der Waals surface area contributed by atoms with E-state index in [4.69, 9.17) is 0 Å². The number of nitrogens with zero attached hydrogens (tertiary/aromatic N) is 1. The first kappa shape index (κ1) is 12.7. The van der Waals surface area contributed by atoms with Crippen LogP contribution in [0.5, 0.6) is 0 Å². The minimum atomic E-state index is 0.137. The minimum Gasteiger partial charge on any atom is -0.334 e. The van der Waals surface area contributed by atoms with Crippen molar-refractivity contribution in [2.24, 2.45) is 11.3 Å². The molecule has 1 amide bonds. The summed E-state index contributed by atoms with van der Waals surface area (Å²) in [6, 6.07) is 8.90. The zero-order chi connectivity index (χ0) is 13.6. The number of hydrogen-bond donors (Lipinski definition) is 0. The van der Waals surface area contributed by atoms with Gasteiger partial charge in [0.05, 0.1) is 0 Å². The third-order valence-corrected chi connectivity index (χ3v) is 4.46. The van der Waals surface area contributed by atoms with E-state index in [0.29, 0.717) is 17.9 Å². The van der Waals surface area contributed by atoms with Crippen molar-refractivity contribution in [3.05, 3.63) is 35.4 Å². The van der Waals surface area contributed by atoms with Crippen LogP contribution < -0.4 is 0 Å². The van der Waals surface area contributed by atoms with Crippen LogP contribution in [-0.4, -0.2) is 16.8 Å². The molecule has 1 aromatic carbocycles. The largest absolute Gasteiger partial charge is 0.334 e. The SMILES string of the molecule is CC(C)(C)C1Cc2ccccc2CN1C(=O)C1CC1. The van der Waals surface area contributed by atoms with Crippen LogP contribution in [0.2, 0.25) is 0 Å². The van der Waals surface area contributed by atoms with E-state index in [1.165, 1.54) is 11.1 Å². The van der Waals surface area contributed by atoms with E-state index in [2.05, 4.69) is 49.9 Å². The molecule has 3 rings (SSSR count). The summed E-state index contributed by atoms with van der Waals surface area (Å²) in [6.07, 6.45) is 3.18. The summed E-state index contributed by atoms with van der Waals surface area (Å²) in [5, 5.41) is 0. The second-order valence-electron chi connectivity index (χ2n) is 7.10. The smallest absolute Gasteiger partial charge is 0.226 e. The van der Waals surface area contributed by atoms with Crippen molar-refractivity contribution < 1.29 is 4.79 Å². The molecule has 0 aromatic heterocycles. The van der Waals surface area contributed by atoms with Gasteiger partial charge in [-0.3, -0.25) is 4.79 Å². The maximum absolute atomic E-state index is 12.6. The lowest BCUT2D eigenvalue weighted by atomic mass is 9.78. The number of carbonyl (C=O) groups is 1. The zero-order valence-electron chi connectivity index (χ0n) is 12.1. The Balaban J connectivity index is 1.94. The fourth-order valence-corrected chi connectivity index (χ4v) is 3.09. The number of rotatable bonds is 1. The molecule has 2 heteroatoms. The topological polar surface area (TPSA) is 20.3 Å². The lowest BCUT2D eigenvalue weighted by molar-refractivity contribution is -0.138. The van der Waals surface area contributed by atoms with E-state index < -0.39 is 0 Å². The Hall–Kier alpha value is -1.31. The third kappa shape index (κ3) is 2.41. The highest BCUT2D eigenvalue weighted by Crippen LogP contribution is 2.38. The van der Waals surface area contributed by atoms with Gasteiger partial charge in [-0.1, -0.05) is 45.0 Å². The summed E-state index contributed by atoms with van der Waals surface area (Å²) in [5.41, 5.74) is 2.89. The molecule has 1 saturated carbocycles. The molecular weight excluding hydrogens is 234 g/mol. The maximum Gasteiger partial charge on any atom is 0.226 e. The predicted octanol–water partition coefficient (Wildman–Crippen LogP) is 3.40. The molecule has 0 bridgehead atoms. The molecule has 0 N–H and O–H groups in total. The molecule has 19 heavy (non-hydrogen) atoms. The van der Waals surface area contributed by atoms with Gasteiger partial charge >= 0.3 is 0 Å². The fraction of sp³-hybridized carbons (Fsp3) is 0.588. The first-order chi connectivity index (χ1) is 8.97. The highest BCUT2D eigenvalue weighted by molar-refractivity contribution is 5.81. The maximum atomic E-state index is 12.6. The van der Waals surface area contributed by atoms with E-state index in [0.717, 1.165) is 25.8 Å². The molecule has 0 saturated heterocycles. The van der Waals surface area contributed by atoms with Crippen LogP contribution in [0.4, 0.5) is 0 Å². The molecule has 2 aliphatic rings. The van der Waals surface area contributed by atoms with E-state index >= 15 is 0 Å². The van der Waals surface area contributed by atoms with Gasteiger partial charge in [-0.2, -0.15) is 0 Å². The molecule has 1 heterocycles. The molecule has 0 spiro atoms. The summed E-state index contributed by atoms with van der Waals surface area (Å²) in [5.74, 6) is 0.699. The van der Waals surface area contributed by atoms with Gasteiger partial charge in [0.15, 0.2) is 0 Å². The normalized spacial score (nSPS) is 23.1. The molecule has 1 aliphatic carbocycles. The van der Waals surface area contributed by atoms with Crippen LogP contribution in [0, 0.1) is 11.3 Å². The van der Waals surface area contributed by atoms with Crippen molar-refractivity contribution in [1.82, 2.24) is 4.90 Å². The summed E-state index contributed by atoms with van der Waals surface area (Å²) in [6.45, 7) is 7.55. The van der Waals surface area contributed by atoms with E-state index in [1.807, 2.05) is 0 Å². The van der Waals surface area contributed by atoms with Crippen LogP contribution in [0.25, 0.3) is 0 Å². The van der Waals surface area contributed by atoms with Crippen molar-refractivity contribution in [3.8, 4) is 0 Å². The molecule has 1 aromatic rings. The van der Waals surface area contributed by atoms with Gasteiger partial charge in [0.1, 0.15) is 0 Å². The van der Waals surface area contributed by atoms with Gasteiger partial charge in [-0.05, 0) is 35.8 Å². The molecule has 102 valence electrons. The molecular formula is C17H23NO. The lowest BCUT2D eigenvalue weighted by Gasteiger charge is -2.44. The molecule has 1 atom stereocenters. The van der Waals surface area contributed by atoms with Crippen molar-refractivity contribution in [1.29, 1.82) is 0 Å². The number of amides is 1. The number of hydrogen-bond acceptors (Lipinski definition) is 1. The quantitative estimate of drug-likeness (QED) is 0.755. The highest BCUT2D eigenvalue weighted by atomic mass is 16.2. The first-order valence-electron chi connectivity index (χ1n) is 7.34. The van der Waals surface area contributed by atoms with Crippen molar-refractivity contribution in [2.45, 2.75) is 52.6 Å². The fourth-order valence-electron chi connectivity index (χ4n) is 3.09. The Labute approximate surface area is 115 Å². The number of fused-ring (bicyclic) bond motifs is 1. The molecule has 2 nitrogen and oxygen atoms in total. The van der Waals surface area contributed by atoms with Crippen LogP contribution >= 0.6 is 0 Å². The van der Waals surface area contributed by atoms with Gasteiger partial charge in [-0.15, -0.1) is 0 Å². The Morgan fingerprint density at radius 3 is 2.37 bits per heavy atom.